The third-order valence-corrected chi connectivity index (χ3v) is 7.11. The maximum absolute atomic E-state index is 12.7. The normalized spacial score (nSPS) is 22.1. The number of ether oxygens (including phenoxy) is 1. The summed E-state index contributed by atoms with van der Waals surface area (Å²) >= 11 is 0. The topological polar surface area (TPSA) is 146 Å². The molecular formula is C24H27N9O2. The molecule has 2 saturated carbocycles. The molecule has 0 unspecified atom stereocenters. The molecule has 2 N–H and O–H groups in total. The highest BCUT2D eigenvalue weighted by molar-refractivity contribution is 5.90. The number of nitrogens with zero attached hydrogens (tertiary/aromatic N) is 7. The quantitative estimate of drug-likeness (QED) is 0.503. The fourth-order valence-electron chi connectivity index (χ4n) is 4.61. The first-order chi connectivity index (χ1) is 17.2. The molecule has 11 heteroatoms. The molecule has 180 valence electrons. The van der Waals surface area contributed by atoms with Crippen LogP contribution >= 0.6 is 0 Å². The van der Waals surface area contributed by atoms with Crippen LogP contribution in [0.4, 0.5) is 5.95 Å². The van der Waals surface area contributed by atoms with Crippen molar-refractivity contribution < 1.29 is 9.53 Å². The zero-order valence-corrected chi connectivity index (χ0v) is 19.4. The molecule has 1 saturated heterocycles. The Balaban J connectivity index is 1.17. The number of H-pyrrole nitrogens is 1. The number of aromatic nitrogens is 6. The SMILES string of the molecule is N#C[C@@H]1C[C@@H]1COc1nc(C(=O)NCC2CC2)nc(N2CCC(c3[nH]nc4ncccc34)CC2)n1. The first-order valence-electron chi connectivity index (χ1n) is 12.3. The van der Waals surface area contributed by atoms with E-state index in [-0.39, 0.29) is 29.6 Å². The van der Waals surface area contributed by atoms with Gasteiger partial charge in [0.05, 0.1) is 18.6 Å². The Kier molecular flexibility index (Phi) is 5.64. The van der Waals surface area contributed by atoms with Crippen molar-refractivity contribution in [3.63, 3.8) is 0 Å². The van der Waals surface area contributed by atoms with E-state index in [1.54, 1.807) is 6.20 Å². The Morgan fingerprint density at radius 2 is 2.09 bits per heavy atom. The monoisotopic (exact) mass is 473 g/mol. The second kappa shape index (κ2) is 9.09. The van der Waals surface area contributed by atoms with Gasteiger partial charge in [0, 0.05) is 48.7 Å². The first kappa shape index (κ1) is 21.7. The maximum atomic E-state index is 12.7. The Bertz CT molecular complexity index is 1270. The predicted molar refractivity (Wildman–Crippen MR) is 126 cm³/mol. The van der Waals surface area contributed by atoms with Gasteiger partial charge >= 0.3 is 6.01 Å². The van der Waals surface area contributed by atoms with Crippen LogP contribution in [0.1, 0.15) is 54.3 Å². The number of hydrogen-bond donors (Lipinski definition) is 2. The van der Waals surface area contributed by atoms with E-state index in [1.807, 2.05) is 12.1 Å². The molecular weight excluding hydrogens is 446 g/mol. The van der Waals surface area contributed by atoms with Gasteiger partial charge < -0.3 is 15.0 Å². The molecule has 6 rings (SSSR count). The molecule has 3 aromatic rings. The molecule has 11 nitrogen and oxygen atoms in total. The molecule has 3 aliphatic rings. The van der Waals surface area contributed by atoms with Crippen LogP contribution in [0.25, 0.3) is 11.0 Å². The summed E-state index contributed by atoms with van der Waals surface area (Å²) in [6.45, 7) is 2.47. The lowest BCUT2D eigenvalue weighted by atomic mass is 9.92. The van der Waals surface area contributed by atoms with Gasteiger partial charge in [0.2, 0.25) is 11.8 Å². The largest absolute Gasteiger partial charge is 0.463 e. The van der Waals surface area contributed by atoms with Crippen LogP contribution in [0.2, 0.25) is 0 Å². The minimum atomic E-state index is -0.307. The summed E-state index contributed by atoms with van der Waals surface area (Å²) in [6.07, 6.45) is 6.66. The number of hydrogen-bond acceptors (Lipinski definition) is 9. The van der Waals surface area contributed by atoms with E-state index in [2.05, 4.69) is 46.4 Å². The molecule has 2 aliphatic carbocycles. The molecule has 1 aliphatic heterocycles. The van der Waals surface area contributed by atoms with E-state index in [9.17, 15) is 4.79 Å². The lowest BCUT2D eigenvalue weighted by Crippen LogP contribution is -2.35. The Morgan fingerprint density at radius 1 is 1.23 bits per heavy atom. The molecule has 3 aromatic heterocycles. The highest BCUT2D eigenvalue weighted by atomic mass is 16.5. The average molecular weight is 474 g/mol. The summed E-state index contributed by atoms with van der Waals surface area (Å²) in [6, 6.07) is 6.38. The van der Waals surface area contributed by atoms with Crippen LogP contribution in [0, 0.1) is 29.1 Å². The van der Waals surface area contributed by atoms with Gasteiger partial charge in [-0.3, -0.25) is 9.89 Å². The third kappa shape index (κ3) is 4.73. The summed E-state index contributed by atoms with van der Waals surface area (Å²) in [5, 5.41) is 20.5. The van der Waals surface area contributed by atoms with Crippen LogP contribution in [-0.4, -0.2) is 62.3 Å². The molecule has 4 heterocycles. The molecule has 35 heavy (non-hydrogen) atoms. The molecule has 2 atom stereocenters. The highest BCUT2D eigenvalue weighted by Gasteiger charge is 2.38. The van der Waals surface area contributed by atoms with Crippen molar-refractivity contribution in [3.8, 4) is 12.1 Å². The number of piperidine rings is 1. The zero-order chi connectivity index (χ0) is 23.8. The number of pyridine rings is 1. The molecule has 0 aromatic carbocycles. The second-order valence-corrected chi connectivity index (χ2v) is 9.71. The molecule has 3 fully saturated rings. The average Bonchev–Trinajstić information content (AvgIpc) is 3.83. The lowest BCUT2D eigenvalue weighted by molar-refractivity contribution is 0.0939. The van der Waals surface area contributed by atoms with E-state index >= 15 is 0 Å². The smallest absolute Gasteiger partial charge is 0.321 e. The van der Waals surface area contributed by atoms with E-state index in [0.717, 1.165) is 61.9 Å². The number of carbonyl (C=O) groups is 1. The third-order valence-electron chi connectivity index (χ3n) is 7.11. The van der Waals surface area contributed by atoms with Gasteiger partial charge in [0.15, 0.2) is 5.65 Å². The van der Waals surface area contributed by atoms with E-state index in [1.165, 1.54) is 0 Å². The van der Waals surface area contributed by atoms with Crippen LogP contribution in [0.15, 0.2) is 18.3 Å². The Hall–Kier alpha value is -3.81. The van der Waals surface area contributed by atoms with E-state index < -0.39 is 0 Å². The van der Waals surface area contributed by atoms with Gasteiger partial charge in [-0.2, -0.15) is 25.3 Å². The van der Waals surface area contributed by atoms with Crippen LogP contribution in [0.5, 0.6) is 6.01 Å². The Labute approximate surface area is 202 Å². The number of nitriles is 1. The number of nitrogens with one attached hydrogen (secondary N) is 2. The van der Waals surface area contributed by atoms with Crippen molar-refractivity contribution in [2.24, 2.45) is 17.8 Å². The standard InChI is InChI=1S/C24H27N9O2/c25-11-16-10-17(16)13-35-24-29-21(22(34)27-12-14-3-4-14)28-23(30-24)33-8-5-15(6-9-33)19-18-2-1-7-26-20(18)32-31-19/h1-2,7,14-17H,3-6,8-10,12-13H2,(H,27,34)(H,26,31,32)/t16-,17+/m0/s1. The maximum Gasteiger partial charge on any atom is 0.321 e. The van der Waals surface area contributed by atoms with Gasteiger partial charge in [-0.25, -0.2) is 4.98 Å². The summed E-state index contributed by atoms with van der Waals surface area (Å²) in [5.41, 5.74) is 1.85. The molecule has 0 radical (unpaired) electrons. The number of amides is 1. The minimum absolute atomic E-state index is 0.0328. The number of carbonyl (C=O) groups excluding carboxylic acids is 1. The van der Waals surface area contributed by atoms with Gasteiger partial charge in [0.25, 0.3) is 5.91 Å². The van der Waals surface area contributed by atoms with Gasteiger partial charge in [0.1, 0.15) is 0 Å². The highest BCUT2D eigenvalue weighted by Crippen LogP contribution is 2.38. The first-order valence-corrected chi connectivity index (χ1v) is 12.3. The summed E-state index contributed by atoms with van der Waals surface area (Å²) in [7, 11) is 0. The van der Waals surface area contributed by atoms with Crippen molar-refractivity contribution >= 4 is 22.9 Å². The second-order valence-electron chi connectivity index (χ2n) is 9.71. The number of rotatable bonds is 8. The molecule has 0 spiro atoms. The summed E-state index contributed by atoms with van der Waals surface area (Å²) < 4.78 is 5.81. The van der Waals surface area contributed by atoms with Crippen molar-refractivity contribution in [2.45, 2.75) is 38.0 Å². The van der Waals surface area contributed by atoms with Crippen molar-refractivity contribution in [2.75, 3.05) is 31.1 Å². The van der Waals surface area contributed by atoms with Gasteiger partial charge in [-0.15, -0.1) is 0 Å². The van der Waals surface area contributed by atoms with Crippen LogP contribution < -0.4 is 15.0 Å². The van der Waals surface area contributed by atoms with Crippen molar-refractivity contribution in [1.82, 2.24) is 35.5 Å². The number of anilines is 1. The van der Waals surface area contributed by atoms with E-state index in [4.69, 9.17) is 10.00 Å². The van der Waals surface area contributed by atoms with Crippen LogP contribution in [-0.2, 0) is 0 Å². The van der Waals surface area contributed by atoms with Crippen LogP contribution in [0.3, 0.4) is 0 Å². The number of aromatic amines is 1. The summed E-state index contributed by atoms with van der Waals surface area (Å²) in [4.78, 5) is 32.4. The number of fused-ring (bicyclic) bond motifs is 1. The fraction of sp³-hybridized carbons (Fsp3) is 0.542. The molecule has 1 amide bonds. The molecule has 0 bridgehead atoms. The van der Waals surface area contributed by atoms with Gasteiger partial charge in [-0.1, -0.05) is 0 Å². The van der Waals surface area contributed by atoms with Crippen molar-refractivity contribution in [3.05, 3.63) is 29.8 Å². The summed E-state index contributed by atoms with van der Waals surface area (Å²) in [5.74, 6) is 1.34. The minimum Gasteiger partial charge on any atom is -0.463 e. The van der Waals surface area contributed by atoms with E-state index in [0.29, 0.717) is 30.9 Å². The van der Waals surface area contributed by atoms with Crippen molar-refractivity contribution in [1.29, 1.82) is 5.26 Å². The van der Waals surface area contributed by atoms with Gasteiger partial charge in [-0.05, 0) is 50.2 Å². The zero-order valence-electron chi connectivity index (χ0n) is 19.4. The Morgan fingerprint density at radius 3 is 2.86 bits per heavy atom. The fourth-order valence-corrected chi connectivity index (χ4v) is 4.61. The predicted octanol–water partition coefficient (Wildman–Crippen LogP) is 2.21. The lowest BCUT2D eigenvalue weighted by Gasteiger charge is -2.31.